The van der Waals surface area contributed by atoms with Gasteiger partial charge in [0.25, 0.3) is 0 Å². The van der Waals surface area contributed by atoms with Gasteiger partial charge in [-0.3, -0.25) is 9.88 Å². The van der Waals surface area contributed by atoms with Crippen LogP contribution in [0.4, 0.5) is 0 Å². The number of pyridine rings is 1. The molecule has 3 rings (SSSR count). The van der Waals surface area contributed by atoms with Crippen LogP contribution in [0, 0.1) is 0 Å². The molecule has 112 valence electrons. The van der Waals surface area contributed by atoms with Crippen LogP contribution in [-0.2, 0) is 19.6 Å². The van der Waals surface area contributed by atoms with Gasteiger partial charge in [0.05, 0.1) is 12.2 Å². The summed E-state index contributed by atoms with van der Waals surface area (Å²) < 4.78 is 5.44. The fraction of sp³-hybridized carbons (Fsp3) is 0.500. The van der Waals surface area contributed by atoms with Crippen LogP contribution in [-0.4, -0.2) is 27.6 Å². The third-order valence-electron chi connectivity index (χ3n) is 3.74. The Morgan fingerprint density at radius 2 is 2.10 bits per heavy atom. The topological polar surface area (TPSA) is 54.2 Å². The summed E-state index contributed by atoms with van der Waals surface area (Å²) in [5.74, 6) is 0.929. The highest BCUT2D eigenvalue weighted by Crippen LogP contribution is 2.19. The lowest BCUT2D eigenvalue weighted by Gasteiger charge is -2.18. The van der Waals surface area contributed by atoms with Crippen LogP contribution in [0.25, 0.3) is 0 Å². The minimum atomic E-state index is 0.698. The van der Waals surface area contributed by atoms with Crippen LogP contribution in [0.5, 0.6) is 0 Å². The van der Waals surface area contributed by atoms with Gasteiger partial charge in [-0.2, -0.15) is 0 Å². The zero-order valence-electron chi connectivity index (χ0n) is 12.5. The van der Waals surface area contributed by atoms with E-state index in [0.717, 1.165) is 37.6 Å². The summed E-state index contributed by atoms with van der Waals surface area (Å²) in [6, 6.07) is 6.86. The Labute approximate surface area is 125 Å². The van der Waals surface area contributed by atoms with Crippen molar-refractivity contribution < 1.29 is 4.52 Å². The fourth-order valence-corrected chi connectivity index (χ4v) is 2.30. The molecule has 1 aliphatic rings. The molecule has 2 heterocycles. The first-order valence-electron chi connectivity index (χ1n) is 7.62. The van der Waals surface area contributed by atoms with Gasteiger partial charge in [0.15, 0.2) is 5.76 Å². The molecule has 5 heteroatoms. The monoisotopic (exact) mass is 286 g/mol. The third-order valence-corrected chi connectivity index (χ3v) is 3.74. The van der Waals surface area contributed by atoms with Crippen molar-refractivity contribution in [3.05, 3.63) is 47.6 Å². The van der Waals surface area contributed by atoms with Gasteiger partial charge >= 0.3 is 0 Å². The third kappa shape index (κ3) is 4.37. The standard InChI is InChI=1S/C16H22N4O/c1-2-20(11-13-5-7-17-8-6-13)12-16-9-15(19-21-16)10-18-14-3-4-14/h5-9,14,18H,2-4,10-12H2,1H3. The van der Waals surface area contributed by atoms with Crippen LogP contribution < -0.4 is 5.32 Å². The Bertz CT molecular complexity index is 550. The van der Waals surface area contributed by atoms with Crippen molar-refractivity contribution in [2.45, 2.75) is 45.4 Å². The van der Waals surface area contributed by atoms with Crippen LogP contribution in [0.2, 0.25) is 0 Å². The molecule has 1 saturated carbocycles. The molecule has 5 nitrogen and oxygen atoms in total. The average Bonchev–Trinajstić information content (AvgIpc) is 3.25. The maximum atomic E-state index is 5.44. The second-order valence-electron chi connectivity index (χ2n) is 5.60. The molecule has 1 aliphatic carbocycles. The first-order chi connectivity index (χ1) is 10.3. The summed E-state index contributed by atoms with van der Waals surface area (Å²) in [6.45, 7) is 5.63. The summed E-state index contributed by atoms with van der Waals surface area (Å²) in [5.41, 5.74) is 2.26. The molecule has 0 amide bonds. The number of aromatic nitrogens is 2. The van der Waals surface area contributed by atoms with E-state index in [1.165, 1.54) is 18.4 Å². The highest BCUT2D eigenvalue weighted by atomic mass is 16.5. The number of nitrogens with zero attached hydrogens (tertiary/aromatic N) is 3. The molecule has 0 atom stereocenters. The van der Waals surface area contributed by atoms with Crippen LogP contribution in [0.3, 0.4) is 0 Å². The predicted octanol–water partition coefficient (Wildman–Crippen LogP) is 2.34. The molecule has 0 unspecified atom stereocenters. The predicted molar refractivity (Wildman–Crippen MR) is 80.4 cm³/mol. The largest absolute Gasteiger partial charge is 0.360 e. The number of nitrogens with one attached hydrogen (secondary N) is 1. The minimum Gasteiger partial charge on any atom is -0.360 e. The van der Waals surface area contributed by atoms with Crippen molar-refractivity contribution in [2.75, 3.05) is 6.54 Å². The lowest BCUT2D eigenvalue weighted by Crippen LogP contribution is -2.22. The zero-order chi connectivity index (χ0) is 14.5. The normalized spacial score (nSPS) is 14.8. The Hall–Kier alpha value is -1.72. The SMILES string of the molecule is CCN(Cc1ccncc1)Cc1cc(CNC2CC2)no1. The average molecular weight is 286 g/mol. The van der Waals surface area contributed by atoms with Crippen molar-refractivity contribution in [1.82, 2.24) is 20.4 Å². The molecule has 1 fully saturated rings. The van der Waals surface area contributed by atoms with Crippen molar-refractivity contribution in [2.24, 2.45) is 0 Å². The molecule has 1 N–H and O–H groups in total. The maximum Gasteiger partial charge on any atom is 0.151 e. The number of hydrogen-bond donors (Lipinski definition) is 1. The van der Waals surface area contributed by atoms with Gasteiger partial charge in [-0.1, -0.05) is 12.1 Å². The molecule has 0 aromatic carbocycles. The summed E-state index contributed by atoms with van der Waals surface area (Å²) in [6.07, 6.45) is 6.25. The molecule has 0 saturated heterocycles. The van der Waals surface area contributed by atoms with Crippen molar-refractivity contribution >= 4 is 0 Å². The smallest absolute Gasteiger partial charge is 0.151 e. The Balaban J connectivity index is 1.53. The molecule has 0 bridgehead atoms. The molecule has 0 aliphatic heterocycles. The van der Waals surface area contributed by atoms with Gasteiger partial charge < -0.3 is 9.84 Å². The van der Waals surface area contributed by atoms with E-state index in [4.69, 9.17) is 4.52 Å². The summed E-state index contributed by atoms with van der Waals surface area (Å²) in [4.78, 5) is 6.38. The fourth-order valence-electron chi connectivity index (χ4n) is 2.30. The molecule has 0 radical (unpaired) electrons. The van der Waals surface area contributed by atoms with E-state index in [1.54, 1.807) is 0 Å². The lowest BCUT2D eigenvalue weighted by atomic mass is 10.2. The maximum absolute atomic E-state index is 5.44. The quantitative estimate of drug-likeness (QED) is 0.807. The highest BCUT2D eigenvalue weighted by molar-refractivity contribution is 5.10. The van der Waals surface area contributed by atoms with Gasteiger partial charge in [-0.15, -0.1) is 0 Å². The Kier molecular flexibility index (Phi) is 4.62. The molecule has 2 aromatic heterocycles. The van der Waals surface area contributed by atoms with Crippen LogP contribution >= 0.6 is 0 Å². The molecule has 2 aromatic rings. The molecule has 21 heavy (non-hydrogen) atoms. The van der Waals surface area contributed by atoms with E-state index in [9.17, 15) is 0 Å². The van der Waals surface area contributed by atoms with E-state index in [2.05, 4.69) is 33.3 Å². The van der Waals surface area contributed by atoms with E-state index >= 15 is 0 Å². The van der Waals surface area contributed by atoms with Crippen molar-refractivity contribution in [3.63, 3.8) is 0 Å². The summed E-state index contributed by atoms with van der Waals surface area (Å²) in [7, 11) is 0. The van der Waals surface area contributed by atoms with Gasteiger partial charge in [0.1, 0.15) is 0 Å². The van der Waals surface area contributed by atoms with Gasteiger partial charge in [0, 0.05) is 37.6 Å². The highest BCUT2D eigenvalue weighted by Gasteiger charge is 2.20. The van der Waals surface area contributed by atoms with Gasteiger partial charge in [0.2, 0.25) is 0 Å². The lowest BCUT2D eigenvalue weighted by molar-refractivity contribution is 0.233. The van der Waals surface area contributed by atoms with E-state index < -0.39 is 0 Å². The number of hydrogen-bond acceptors (Lipinski definition) is 5. The van der Waals surface area contributed by atoms with E-state index in [1.807, 2.05) is 24.5 Å². The van der Waals surface area contributed by atoms with Crippen LogP contribution in [0.1, 0.15) is 36.8 Å². The van der Waals surface area contributed by atoms with Crippen molar-refractivity contribution in [3.8, 4) is 0 Å². The number of rotatable bonds is 8. The first kappa shape index (κ1) is 14.2. The zero-order valence-corrected chi connectivity index (χ0v) is 12.5. The minimum absolute atomic E-state index is 0.698. The van der Waals surface area contributed by atoms with E-state index in [-0.39, 0.29) is 0 Å². The Morgan fingerprint density at radius 1 is 1.29 bits per heavy atom. The molecule has 0 spiro atoms. The molecular formula is C16H22N4O. The van der Waals surface area contributed by atoms with Crippen molar-refractivity contribution in [1.29, 1.82) is 0 Å². The second-order valence-corrected chi connectivity index (χ2v) is 5.60. The first-order valence-corrected chi connectivity index (χ1v) is 7.62. The van der Waals surface area contributed by atoms with Gasteiger partial charge in [-0.05, 0) is 37.1 Å². The summed E-state index contributed by atoms with van der Waals surface area (Å²) >= 11 is 0. The van der Waals surface area contributed by atoms with Gasteiger partial charge in [-0.25, -0.2) is 0 Å². The summed E-state index contributed by atoms with van der Waals surface area (Å²) in [5, 5.41) is 7.59. The van der Waals surface area contributed by atoms with E-state index in [0.29, 0.717) is 6.04 Å². The molecular weight excluding hydrogens is 264 g/mol. The van der Waals surface area contributed by atoms with Crippen LogP contribution in [0.15, 0.2) is 35.1 Å². The second kappa shape index (κ2) is 6.83. The Morgan fingerprint density at radius 3 is 2.81 bits per heavy atom.